The highest BCUT2D eigenvalue weighted by molar-refractivity contribution is 8.93. The van der Waals surface area contributed by atoms with Gasteiger partial charge in [0.25, 0.3) is 0 Å². The van der Waals surface area contributed by atoms with Gasteiger partial charge in [0, 0.05) is 17.0 Å². The van der Waals surface area contributed by atoms with E-state index in [1.54, 1.807) is 0 Å². The van der Waals surface area contributed by atoms with Crippen molar-refractivity contribution in [1.82, 2.24) is 4.90 Å². The molecule has 8 heavy (non-hydrogen) atoms. The highest BCUT2D eigenvalue weighted by atomic mass is 79.9. The van der Waals surface area contributed by atoms with Crippen molar-refractivity contribution in [2.45, 2.75) is 20.8 Å². The van der Waals surface area contributed by atoms with E-state index < -0.39 is 0 Å². The monoisotopic (exact) mass is 180 g/mol. The Morgan fingerprint density at radius 2 is 1.12 bits per heavy atom. The van der Waals surface area contributed by atoms with Crippen molar-refractivity contribution in [3.63, 3.8) is 0 Å². The Kier molecular flexibility index (Phi) is 10.5. The van der Waals surface area contributed by atoms with Crippen LogP contribution in [0.15, 0.2) is 0 Å². The Labute approximate surface area is 62.8 Å². The van der Waals surface area contributed by atoms with Crippen LogP contribution in [0, 0.1) is 0 Å². The summed E-state index contributed by atoms with van der Waals surface area (Å²) in [5, 5.41) is 0. The highest BCUT2D eigenvalue weighted by Gasteiger charge is 1.89. The van der Waals surface area contributed by atoms with Crippen molar-refractivity contribution in [3.8, 4) is 0 Å². The number of hydrogen-bond acceptors (Lipinski definition) is 1. The molecular weight excluding hydrogens is 166 g/mol. The molecule has 1 nitrogen and oxygen atoms in total. The van der Waals surface area contributed by atoms with Gasteiger partial charge in [0.1, 0.15) is 0 Å². The normalized spacial score (nSPS) is 9.00. The van der Waals surface area contributed by atoms with Crippen LogP contribution >= 0.6 is 17.0 Å². The summed E-state index contributed by atoms with van der Waals surface area (Å²) in [7, 11) is 0. The van der Waals surface area contributed by atoms with E-state index in [9.17, 15) is 0 Å². The van der Waals surface area contributed by atoms with Crippen LogP contribution in [0.4, 0.5) is 0 Å². The maximum Gasteiger partial charge on any atom is 0 e. The topological polar surface area (TPSA) is 3.24 Å². The first-order valence-corrected chi connectivity index (χ1v) is 3.07. The molecule has 0 aromatic rings. The van der Waals surface area contributed by atoms with Crippen LogP contribution in [-0.2, 0) is 0 Å². The summed E-state index contributed by atoms with van der Waals surface area (Å²) < 4.78 is 0. The fourth-order valence-corrected chi connectivity index (χ4v) is 0.671. The first kappa shape index (κ1) is 11.3. The molecule has 0 aliphatic rings. The molecule has 0 aromatic heterocycles. The van der Waals surface area contributed by atoms with E-state index in [2.05, 4.69) is 25.7 Å². The number of rotatable bonds is 3. The lowest BCUT2D eigenvalue weighted by molar-refractivity contribution is 0.321. The molecule has 0 aromatic carbocycles. The summed E-state index contributed by atoms with van der Waals surface area (Å²) >= 11 is 0. The van der Waals surface area contributed by atoms with Gasteiger partial charge in [-0.2, -0.15) is 0 Å². The van der Waals surface area contributed by atoms with Crippen LogP contribution < -0.4 is 0 Å². The zero-order valence-electron chi connectivity index (χ0n) is 5.95. The third-order valence-electron chi connectivity index (χ3n) is 1.34. The van der Waals surface area contributed by atoms with Gasteiger partial charge in [-0.1, -0.05) is 20.8 Å². The van der Waals surface area contributed by atoms with Gasteiger partial charge in [-0.15, -0.1) is 0 Å². The summed E-state index contributed by atoms with van der Waals surface area (Å²) in [6.07, 6.45) is 0. The molecule has 1 radical (unpaired) electrons. The molecule has 51 valence electrons. The first-order valence-electron chi connectivity index (χ1n) is 3.07. The minimum absolute atomic E-state index is 0. The molecule has 0 saturated heterocycles. The third kappa shape index (κ3) is 4.60. The molecule has 0 N–H and O–H groups in total. The number of nitrogens with zero attached hydrogens (tertiary/aromatic N) is 1. The summed E-state index contributed by atoms with van der Waals surface area (Å²) in [6.45, 7) is 10.1. The molecule has 0 bridgehead atoms. The Balaban J connectivity index is 0. The van der Waals surface area contributed by atoms with Crippen molar-refractivity contribution in [2.24, 2.45) is 0 Å². The molecule has 2 heteroatoms. The highest BCUT2D eigenvalue weighted by Crippen LogP contribution is 1.81. The van der Waals surface area contributed by atoms with Crippen LogP contribution in [-0.4, -0.2) is 24.5 Å². The van der Waals surface area contributed by atoms with Crippen molar-refractivity contribution >= 4 is 17.0 Å². The Hall–Kier alpha value is 0.440. The minimum Gasteiger partial charge on any atom is -0.304 e. The van der Waals surface area contributed by atoms with Gasteiger partial charge in [-0.05, 0) is 19.6 Å². The smallest absolute Gasteiger partial charge is 0 e. The van der Waals surface area contributed by atoms with Crippen molar-refractivity contribution in [3.05, 3.63) is 0 Å². The van der Waals surface area contributed by atoms with Gasteiger partial charge in [0.05, 0.1) is 0 Å². The Morgan fingerprint density at radius 3 is 1.12 bits per heavy atom. The van der Waals surface area contributed by atoms with Crippen LogP contribution in [0.25, 0.3) is 0 Å². The van der Waals surface area contributed by atoms with Gasteiger partial charge < -0.3 is 4.90 Å². The summed E-state index contributed by atoms with van der Waals surface area (Å²) in [5.74, 6) is 0. The maximum atomic E-state index is 2.38. The van der Waals surface area contributed by atoms with E-state index in [0.29, 0.717) is 0 Å². The Morgan fingerprint density at radius 1 is 0.875 bits per heavy atom. The molecular formula is C6H15BrN. The average Bonchev–Trinajstić information content (AvgIpc) is 1.72. The quantitative estimate of drug-likeness (QED) is 0.645. The molecule has 0 amide bonds. The Bertz CT molecular complexity index is 30.0. The fraction of sp³-hybridized carbons (Fsp3) is 1.00. The van der Waals surface area contributed by atoms with Gasteiger partial charge in [-0.25, -0.2) is 0 Å². The zero-order chi connectivity index (χ0) is 5.70. The van der Waals surface area contributed by atoms with Crippen LogP contribution in [0.2, 0.25) is 0 Å². The predicted molar refractivity (Wildman–Crippen MR) is 42.4 cm³/mol. The van der Waals surface area contributed by atoms with Gasteiger partial charge >= 0.3 is 0 Å². The molecule has 0 atom stereocenters. The average molecular weight is 181 g/mol. The van der Waals surface area contributed by atoms with E-state index in [1.165, 1.54) is 19.6 Å². The van der Waals surface area contributed by atoms with E-state index in [0.717, 1.165) is 0 Å². The van der Waals surface area contributed by atoms with E-state index >= 15 is 0 Å². The molecule has 0 unspecified atom stereocenters. The summed E-state index contributed by atoms with van der Waals surface area (Å²) in [5.41, 5.74) is 0. The molecule has 0 saturated carbocycles. The standard InChI is InChI=1S/C6H15N.Br/c1-4-7(5-2)6-3;/h4-6H2,1-3H3;. The second kappa shape index (κ2) is 7.44. The van der Waals surface area contributed by atoms with Crippen molar-refractivity contribution in [2.75, 3.05) is 19.6 Å². The number of hydrogen-bond donors (Lipinski definition) is 0. The molecule has 0 spiro atoms. The molecule has 0 heterocycles. The van der Waals surface area contributed by atoms with Crippen molar-refractivity contribution < 1.29 is 0 Å². The predicted octanol–water partition coefficient (Wildman–Crippen LogP) is 2.19. The maximum absolute atomic E-state index is 2.38. The molecule has 0 aliphatic carbocycles. The minimum atomic E-state index is 0. The van der Waals surface area contributed by atoms with E-state index in [4.69, 9.17) is 0 Å². The van der Waals surface area contributed by atoms with Crippen molar-refractivity contribution in [1.29, 1.82) is 0 Å². The van der Waals surface area contributed by atoms with Crippen LogP contribution in [0.5, 0.6) is 0 Å². The largest absolute Gasteiger partial charge is 0.304 e. The van der Waals surface area contributed by atoms with Crippen LogP contribution in [0.3, 0.4) is 0 Å². The lowest BCUT2D eigenvalue weighted by Crippen LogP contribution is -2.21. The first-order chi connectivity index (χ1) is 3.35. The summed E-state index contributed by atoms with van der Waals surface area (Å²) in [6, 6.07) is 0. The van der Waals surface area contributed by atoms with Gasteiger partial charge in [-0.3, -0.25) is 0 Å². The lowest BCUT2D eigenvalue weighted by Gasteiger charge is -2.13. The van der Waals surface area contributed by atoms with E-state index in [-0.39, 0.29) is 17.0 Å². The van der Waals surface area contributed by atoms with Crippen LogP contribution in [0.1, 0.15) is 20.8 Å². The van der Waals surface area contributed by atoms with Gasteiger partial charge in [0.15, 0.2) is 0 Å². The molecule has 0 rings (SSSR count). The second-order valence-electron chi connectivity index (χ2n) is 1.62. The third-order valence-corrected chi connectivity index (χ3v) is 1.34. The fourth-order valence-electron chi connectivity index (χ4n) is 0.671. The second-order valence-corrected chi connectivity index (χ2v) is 1.62. The molecule has 0 fully saturated rings. The summed E-state index contributed by atoms with van der Waals surface area (Å²) in [4.78, 5) is 2.38. The van der Waals surface area contributed by atoms with Gasteiger partial charge in [0.2, 0.25) is 0 Å². The molecule has 0 aliphatic heterocycles. The SMILES string of the molecule is CCN(CC)CC.[Br]. The van der Waals surface area contributed by atoms with E-state index in [1.807, 2.05) is 0 Å². The lowest BCUT2D eigenvalue weighted by atomic mass is 10.5. The number of halogens is 1. The zero-order valence-corrected chi connectivity index (χ0v) is 7.53.